The molecule has 0 radical (unpaired) electrons. The van der Waals surface area contributed by atoms with Crippen LogP contribution < -0.4 is 4.90 Å². The van der Waals surface area contributed by atoms with E-state index in [0.717, 1.165) is 54.9 Å². The van der Waals surface area contributed by atoms with Crippen LogP contribution in [0.2, 0.25) is 0 Å². The third-order valence-electron chi connectivity index (χ3n) is 6.00. The molecular weight excluding hydrogens is 364 g/mol. The van der Waals surface area contributed by atoms with Crippen LogP contribution in [0.5, 0.6) is 0 Å². The number of nitrogens with one attached hydrogen (secondary N) is 1. The van der Waals surface area contributed by atoms with Gasteiger partial charge in [0.15, 0.2) is 0 Å². The first-order valence-corrected chi connectivity index (χ1v) is 10.3. The van der Waals surface area contributed by atoms with E-state index in [-0.39, 0.29) is 17.7 Å². The van der Waals surface area contributed by atoms with Crippen LogP contribution in [0, 0.1) is 0 Å². The largest absolute Gasteiger partial charge is 0.342 e. The van der Waals surface area contributed by atoms with Crippen LogP contribution in [0.25, 0.3) is 11.0 Å². The maximum Gasteiger partial charge on any atom is 0.253 e. The van der Waals surface area contributed by atoms with Crippen LogP contribution >= 0.6 is 0 Å². The number of hydrogen-bond acceptors (Lipinski definition) is 3. The minimum absolute atomic E-state index is 0.0464. The Balaban J connectivity index is 1.31. The Labute approximate surface area is 169 Å². The zero-order valence-electron chi connectivity index (χ0n) is 16.3. The van der Waals surface area contributed by atoms with Gasteiger partial charge in [0.1, 0.15) is 5.82 Å². The number of carbonyl (C=O) groups excluding carboxylic acids is 2. The molecule has 0 bridgehead atoms. The third-order valence-corrected chi connectivity index (χ3v) is 6.00. The van der Waals surface area contributed by atoms with Crippen LogP contribution in [0.4, 0.5) is 5.69 Å². The molecule has 0 spiro atoms. The van der Waals surface area contributed by atoms with Gasteiger partial charge in [-0.25, -0.2) is 4.98 Å². The average Bonchev–Trinajstić information content (AvgIpc) is 3.39. The number of rotatable bonds is 3. The molecule has 2 aromatic carbocycles. The van der Waals surface area contributed by atoms with E-state index in [1.54, 1.807) is 4.90 Å². The van der Waals surface area contributed by atoms with Crippen LogP contribution in [0.3, 0.4) is 0 Å². The van der Waals surface area contributed by atoms with Gasteiger partial charge in [-0.2, -0.15) is 0 Å². The maximum absolute atomic E-state index is 13.1. The molecule has 1 unspecified atom stereocenters. The quantitative estimate of drug-likeness (QED) is 0.744. The van der Waals surface area contributed by atoms with Gasteiger partial charge < -0.3 is 14.8 Å². The fraction of sp³-hybridized carbons (Fsp3) is 0.348. The van der Waals surface area contributed by atoms with E-state index in [4.69, 9.17) is 4.98 Å². The lowest BCUT2D eigenvalue weighted by Gasteiger charge is -2.32. The van der Waals surface area contributed by atoms with E-state index in [1.165, 1.54) is 0 Å². The first-order valence-electron chi connectivity index (χ1n) is 10.3. The molecule has 1 aromatic heterocycles. The number of likely N-dealkylation sites (tertiary alicyclic amines) is 1. The topological polar surface area (TPSA) is 69.3 Å². The van der Waals surface area contributed by atoms with Crippen molar-refractivity contribution >= 4 is 28.5 Å². The fourth-order valence-electron chi connectivity index (χ4n) is 4.44. The Bertz CT molecular complexity index is 1020. The number of fused-ring (bicyclic) bond motifs is 1. The van der Waals surface area contributed by atoms with Crippen LogP contribution in [0.15, 0.2) is 48.5 Å². The standard InChI is InChI=1S/C23H24N4O2/c28-21-8-4-14-27(21)18-11-9-16(10-12-18)23(29)26-13-3-5-17(15-26)22-24-19-6-1-2-7-20(19)25-22/h1-2,6-7,9-12,17H,3-5,8,13-15H2,(H,24,25). The van der Waals surface area contributed by atoms with Gasteiger partial charge in [0.25, 0.3) is 5.91 Å². The minimum Gasteiger partial charge on any atom is -0.342 e. The highest BCUT2D eigenvalue weighted by molar-refractivity contribution is 5.97. The molecule has 1 atom stereocenters. The van der Waals surface area contributed by atoms with Crippen LogP contribution in [-0.2, 0) is 4.79 Å². The summed E-state index contributed by atoms with van der Waals surface area (Å²) >= 11 is 0. The normalized spacial score (nSPS) is 19.9. The number of aromatic amines is 1. The first-order chi connectivity index (χ1) is 14.2. The summed E-state index contributed by atoms with van der Waals surface area (Å²) in [5.41, 5.74) is 3.56. The van der Waals surface area contributed by atoms with Gasteiger partial charge in [-0.1, -0.05) is 12.1 Å². The van der Waals surface area contributed by atoms with Crippen molar-refractivity contribution in [3.63, 3.8) is 0 Å². The number of hydrogen-bond donors (Lipinski definition) is 1. The number of amides is 2. The Morgan fingerprint density at radius 3 is 2.62 bits per heavy atom. The van der Waals surface area contributed by atoms with Gasteiger partial charge in [0, 0.05) is 43.2 Å². The van der Waals surface area contributed by atoms with Crippen molar-refractivity contribution < 1.29 is 9.59 Å². The molecular formula is C23H24N4O2. The molecule has 5 rings (SSSR count). The van der Waals surface area contributed by atoms with Crippen molar-refractivity contribution in [2.45, 2.75) is 31.6 Å². The molecule has 2 aliphatic rings. The number of benzene rings is 2. The third kappa shape index (κ3) is 3.39. The number of aromatic nitrogens is 2. The lowest BCUT2D eigenvalue weighted by atomic mass is 9.96. The number of imidazole rings is 1. The summed E-state index contributed by atoms with van der Waals surface area (Å²) in [4.78, 5) is 36.9. The zero-order chi connectivity index (χ0) is 19.8. The second-order valence-electron chi connectivity index (χ2n) is 7.93. The average molecular weight is 388 g/mol. The van der Waals surface area contributed by atoms with Gasteiger partial charge in [0.05, 0.1) is 11.0 Å². The molecule has 2 aliphatic heterocycles. The maximum atomic E-state index is 13.1. The summed E-state index contributed by atoms with van der Waals surface area (Å²) < 4.78 is 0. The van der Waals surface area contributed by atoms with Gasteiger partial charge in [-0.05, 0) is 55.7 Å². The first kappa shape index (κ1) is 17.9. The number of H-pyrrole nitrogens is 1. The molecule has 3 heterocycles. The van der Waals surface area contributed by atoms with Crippen LogP contribution in [-0.4, -0.2) is 46.3 Å². The SMILES string of the molecule is O=C(c1ccc(N2CCCC2=O)cc1)N1CCCC(c2nc3ccccc3[nH]2)C1. The summed E-state index contributed by atoms with van der Waals surface area (Å²) in [6.45, 7) is 2.20. The van der Waals surface area contributed by atoms with E-state index in [0.29, 0.717) is 18.5 Å². The van der Waals surface area contributed by atoms with Gasteiger partial charge >= 0.3 is 0 Å². The Morgan fingerprint density at radius 2 is 1.86 bits per heavy atom. The highest BCUT2D eigenvalue weighted by Gasteiger charge is 2.28. The van der Waals surface area contributed by atoms with Crippen molar-refractivity contribution in [1.82, 2.24) is 14.9 Å². The molecule has 0 saturated carbocycles. The number of piperidine rings is 1. The summed E-state index contributed by atoms with van der Waals surface area (Å²) in [5, 5.41) is 0. The van der Waals surface area contributed by atoms with Crippen molar-refractivity contribution in [2.24, 2.45) is 0 Å². The molecule has 6 heteroatoms. The Morgan fingerprint density at radius 1 is 1.03 bits per heavy atom. The second kappa shape index (κ2) is 7.35. The number of anilines is 1. The molecule has 3 aromatic rings. The Hall–Kier alpha value is -3.15. The molecule has 0 aliphatic carbocycles. The van der Waals surface area contributed by atoms with Crippen molar-refractivity contribution in [1.29, 1.82) is 0 Å². The van der Waals surface area contributed by atoms with Gasteiger partial charge in [0.2, 0.25) is 5.91 Å². The van der Waals surface area contributed by atoms with E-state index in [1.807, 2.05) is 53.4 Å². The molecule has 2 fully saturated rings. The predicted octanol–water partition coefficient (Wildman–Crippen LogP) is 3.71. The van der Waals surface area contributed by atoms with Gasteiger partial charge in [-0.15, -0.1) is 0 Å². The monoisotopic (exact) mass is 388 g/mol. The molecule has 29 heavy (non-hydrogen) atoms. The van der Waals surface area contributed by atoms with Crippen LogP contribution in [0.1, 0.15) is 47.8 Å². The predicted molar refractivity (Wildman–Crippen MR) is 112 cm³/mol. The zero-order valence-corrected chi connectivity index (χ0v) is 16.3. The molecule has 6 nitrogen and oxygen atoms in total. The smallest absolute Gasteiger partial charge is 0.253 e. The van der Waals surface area contributed by atoms with E-state index in [2.05, 4.69) is 4.98 Å². The molecule has 2 amide bonds. The molecule has 1 N–H and O–H groups in total. The Kier molecular flexibility index (Phi) is 4.54. The van der Waals surface area contributed by atoms with Crippen molar-refractivity contribution in [2.75, 3.05) is 24.5 Å². The fourth-order valence-corrected chi connectivity index (χ4v) is 4.44. The van der Waals surface area contributed by atoms with Gasteiger partial charge in [-0.3, -0.25) is 9.59 Å². The minimum atomic E-state index is 0.0464. The van der Waals surface area contributed by atoms with E-state index < -0.39 is 0 Å². The summed E-state index contributed by atoms with van der Waals surface area (Å²) in [7, 11) is 0. The highest BCUT2D eigenvalue weighted by Crippen LogP contribution is 2.28. The lowest BCUT2D eigenvalue weighted by molar-refractivity contribution is -0.117. The molecule has 2 saturated heterocycles. The number of para-hydroxylation sites is 2. The molecule has 148 valence electrons. The second-order valence-corrected chi connectivity index (χ2v) is 7.93. The van der Waals surface area contributed by atoms with Crippen molar-refractivity contribution in [3.05, 3.63) is 59.9 Å². The summed E-state index contributed by atoms with van der Waals surface area (Å²) in [6.07, 6.45) is 3.50. The number of nitrogens with zero attached hydrogens (tertiary/aromatic N) is 3. The lowest BCUT2D eigenvalue weighted by Crippen LogP contribution is -2.39. The number of carbonyl (C=O) groups is 2. The summed E-state index contributed by atoms with van der Waals surface area (Å²) in [6, 6.07) is 15.5. The van der Waals surface area contributed by atoms with E-state index >= 15 is 0 Å². The van der Waals surface area contributed by atoms with Crippen molar-refractivity contribution in [3.8, 4) is 0 Å². The van der Waals surface area contributed by atoms with E-state index in [9.17, 15) is 9.59 Å². The summed E-state index contributed by atoms with van der Waals surface area (Å²) in [5.74, 6) is 1.40. The highest BCUT2D eigenvalue weighted by atomic mass is 16.2.